The van der Waals surface area contributed by atoms with Crippen LogP contribution in [0.15, 0.2) is 42.5 Å². The summed E-state index contributed by atoms with van der Waals surface area (Å²) in [5.41, 5.74) is 2.45. The Morgan fingerprint density at radius 2 is 2.00 bits per heavy atom. The summed E-state index contributed by atoms with van der Waals surface area (Å²) in [6, 6.07) is 11.8. The van der Waals surface area contributed by atoms with Crippen LogP contribution in [0.2, 0.25) is 0 Å². The van der Waals surface area contributed by atoms with Gasteiger partial charge in [-0.1, -0.05) is 12.1 Å². The highest BCUT2D eigenvalue weighted by molar-refractivity contribution is 5.95. The molecule has 1 heterocycles. The van der Waals surface area contributed by atoms with Crippen LogP contribution in [-0.4, -0.2) is 30.0 Å². The molecule has 3 aromatic rings. The molecule has 0 unspecified atom stereocenters. The predicted molar refractivity (Wildman–Crippen MR) is 92.7 cm³/mol. The number of fused-ring (bicyclic) bond motifs is 1. The topological polar surface area (TPSA) is 61.0 Å². The number of imidazole rings is 1. The Balaban J connectivity index is 1.78. The third kappa shape index (κ3) is 3.08. The minimum absolute atomic E-state index is 0.0172. The van der Waals surface area contributed by atoms with Gasteiger partial charge in [0.2, 0.25) is 0 Å². The van der Waals surface area contributed by atoms with Crippen molar-refractivity contribution in [1.82, 2.24) is 15.3 Å². The van der Waals surface area contributed by atoms with Crippen molar-refractivity contribution < 1.29 is 9.18 Å². The number of benzene rings is 2. The van der Waals surface area contributed by atoms with Crippen LogP contribution < -0.4 is 10.2 Å². The summed E-state index contributed by atoms with van der Waals surface area (Å²) < 4.78 is 14.2. The number of amides is 1. The molecule has 5 nitrogen and oxygen atoms in total. The van der Waals surface area contributed by atoms with Gasteiger partial charge in [-0.15, -0.1) is 0 Å². The number of nitrogens with zero attached hydrogens (tertiary/aromatic N) is 2. The molecule has 0 aliphatic rings. The molecule has 0 bridgehead atoms. The fourth-order valence-electron chi connectivity index (χ4n) is 2.49. The van der Waals surface area contributed by atoms with E-state index in [0.717, 1.165) is 11.0 Å². The van der Waals surface area contributed by atoms with Gasteiger partial charge in [0.1, 0.15) is 11.6 Å². The quantitative estimate of drug-likeness (QED) is 0.773. The van der Waals surface area contributed by atoms with Crippen molar-refractivity contribution >= 4 is 22.6 Å². The Hall–Kier alpha value is -2.89. The van der Waals surface area contributed by atoms with Crippen LogP contribution >= 0.6 is 0 Å². The van der Waals surface area contributed by atoms with Gasteiger partial charge >= 0.3 is 0 Å². The second-order valence-electron chi connectivity index (χ2n) is 5.89. The third-order valence-electron chi connectivity index (χ3n) is 3.88. The first kappa shape index (κ1) is 16.0. The summed E-state index contributed by atoms with van der Waals surface area (Å²) in [6.45, 7) is 1.81. The van der Waals surface area contributed by atoms with E-state index in [9.17, 15) is 9.18 Å². The van der Waals surface area contributed by atoms with Crippen LogP contribution in [0, 0.1) is 5.82 Å². The first-order valence-electron chi connectivity index (χ1n) is 7.68. The summed E-state index contributed by atoms with van der Waals surface area (Å²) in [4.78, 5) is 21.7. The highest BCUT2D eigenvalue weighted by Gasteiger charge is 2.18. The van der Waals surface area contributed by atoms with Crippen LogP contribution in [0.25, 0.3) is 11.0 Å². The van der Waals surface area contributed by atoms with Crippen molar-refractivity contribution in [3.05, 3.63) is 59.7 Å². The molecule has 0 saturated heterocycles. The number of halogens is 1. The zero-order valence-electron chi connectivity index (χ0n) is 13.8. The second kappa shape index (κ2) is 6.31. The van der Waals surface area contributed by atoms with Crippen LogP contribution in [0.5, 0.6) is 0 Å². The minimum atomic E-state index is -0.546. The molecule has 2 N–H and O–H groups in total. The van der Waals surface area contributed by atoms with Crippen molar-refractivity contribution in [2.45, 2.75) is 13.0 Å². The van der Waals surface area contributed by atoms with E-state index >= 15 is 0 Å². The van der Waals surface area contributed by atoms with Crippen LogP contribution in [-0.2, 0) is 0 Å². The average Bonchev–Trinajstić information content (AvgIpc) is 2.98. The first-order valence-corrected chi connectivity index (χ1v) is 7.68. The van der Waals surface area contributed by atoms with Gasteiger partial charge in [-0.05, 0) is 37.3 Å². The Bertz CT molecular complexity index is 855. The van der Waals surface area contributed by atoms with E-state index < -0.39 is 11.7 Å². The highest BCUT2D eigenvalue weighted by Crippen LogP contribution is 2.19. The molecule has 6 heteroatoms. The van der Waals surface area contributed by atoms with E-state index in [1.165, 1.54) is 12.1 Å². The standard InChI is InChI=1S/C18H19FN4O/c1-11(17-21-15-6-4-5-7-16(15)22-17)20-18(24)13-9-8-12(23(2)3)10-14(13)19/h4-11H,1-3H3,(H,20,24)(H,21,22)/t11-/m0/s1. The Labute approximate surface area is 139 Å². The smallest absolute Gasteiger partial charge is 0.254 e. The van der Waals surface area contributed by atoms with Gasteiger partial charge in [0.25, 0.3) is 5.91 Å². The maximum Gasteiger partial charge on any atom is 0.254 e. The summed E-state index contributed by atoms with van der Waals surface area (Å²) >= 11 is 0. The zero-order valence-corrected chi connectivity index (χ0v) is 13.8. The fourth-order valence-corrected chi connectivity index (χ4v) is 2.49. The molecule has 1 aromatic heterocycles. The van der Waals surface area contributed by atoms with Gasteiger partial charge in [0.05, 0.1) is 22.6 Å². The number of para-hydroxylation sites is 2. The summed E-state index contributed by atoms with van der Waals surface area (Å²) in [5, 5.41) is 2.78. The van der Waals surface area contributed by atoms with E-state index in [4.69, 9.17) is 0 Å². The molecule has 0 saturated carbocycles. The number of aromatic nitrogens is 2. The summed E-state index contributed by atoms with van der Waals surface area (Å²) in [5.74, 6) is -0.379. The average molecular weight is 326 g/mol. The highest BCUT2D eigenvalue weighted by atomic mass is 19.1. The molecule has 24 heavy (non-hydrogen) atoms. The van der Waals surface area contributed by atoms with Crippen molar-refractivity contribution in [2.75, 3.05) is 19.0 Å². The lowest BCUT2D eigenvalue weighted by atomic mass is 10.1. The fraction of sp³-hybridized carbons (Fsp3) is 0.222. The number of anilines is 1. The van der Waals surface area contributed by atoms with Gasteiger partial charge < -0.3 is 15.2 Å². The van der Waals surface area contributed by atoms with Gasteiger partial charge in [-0.3, -0.25) is 4.79 Å². The molecule has 0 fully saturated rings. The first-order chi connectivity index (χ1) is 11.5. The molecule has 2 aromatic carbocycles. The van der Waals surface area contributed by atoms with Crippen LogP contribution in [0.4, 0.5) is 10.1 Å². The zero-order chi connectivity index (χ0) is 17.3. The molecular formula is C18H19FN4O. The molecule has 3 rings (SSSR count). The Morgan fingerprint density at radius 1 is 1.25 bits per heavy atom. The molecule has 124 valence electrons. The second-order valence-corrected chi connectivity index (χ2v) is 5.89. The van der Waals surface area contributed by atoms with E-state index in [1.54, 1.807) is 11.0 Å². The Kier molecular flexibility index (Phi) is 4.20. The molecule has 0 aliphatic carbocycles. The number of rotatable bonds is 4. The number of nitrogens with one attached hydrogen (secondary N) is 2. The number of carbonyl (C=O) groups excluding carboxylic acids is 1. The maximum absolute atomic E-state index is 14.2. The number of H-pyrrole nitrogens is 1. The van der Waals surface area contributed by atoms with Crippen molar-refractivity contribution in [3.8, 4) is 0 Å². The molecule has 0 spiro atoms. The molecule has 1 amide bonds. The number of aromatic amines is 1. The van der Waals surface area contributed by atoms with Crippen LogP contribution in [0.3, 0.4) is 0 Å². The number of hydrogen-bond donors (Lipinski definition) is 2. The van der Waals surface area contributed by atoms with Gasteiger partial charge in [0.15, 0.2) is 0 Å². The molecule has 0 aliphatic heterocycles. The van der Waals surface area contributed by atoms with Gasteiger partial charge in [-0.2, -0.15) is 0 Å². The molecular weight excluding hydrogens is 307 g/mol. The minimum Gasteiger partial charge on any atom is -0.378 e. The van der Waals surface area contributed by atoms with Crippen molar-refractivity contribution in [2.24, 2.45) is 0 Å². The lowest BCUT2D eigenvalue weighted by molar-refractivity contribution is 0.0934. The van der Waals surface area contributed by atoms with E-state index in [1.807, 2.05) is 45.3 Å². The normalized spacial score (nSPS) is 12.2. The molecule has 0 radical (unpaired) electrons. The number of carbonyl (C=O) groups is 1. The third-order valence-corrected chi connectivity index (χ3v) is 3.88. The van der Waals surface area contributed by atoms with Crippen LogP contribution in [0.1, 0.15) is 29.1 Å². The van der Waals surface area contributed by atoms with Gasteiger partial charge in [0, 0.05) is 19.8 Å². The summed E-state index contributed by atoms with van der Waals surface area (Å²) in [6.07, 6.45) is 0. The largest absolute Gasteiger partial charge is 0.378 e. The monoisotopic (exact) mass is 326 g/mol. The van der Waals surface area contributed by atoms with E-state index in [0.29, 0.717) is 11.5 Å². The number of hydrogen-bond acceptors (Lipinski definition) is 3. The summed E-state index contributed by atoms with van der Waals surface area (Å²) in [7, 11) is 3.64. The van der Waals surface area contributed by atoms with E-state index in [2.05, 4.69) is 15.3 Å². The molecule has 1 atom stereocenters. The predicted octanol–water partition coefficient (Wildman–Crippen LogP) is 3.26. The lowest BCUT2D eigenvalue weighted by Crippen LogP contribution is -2.28. The van der Waals surface area contributed by atoms with Crippen molar-refractivity contribution in [3.63, 3.8) is 0 Å². The lowest BCUT2D eigenvalue weighted by Gasteiger charge is -2.15. The Morgan fingerprint density at radius 3 is 2.67 bits per heavy atom. The maximum atomic E-state index is 14.2. The van der Waals surface area contributed by atoms with Gasteiger partial charge in [-0.25, -0.2) is 9.37 Å². The SMILES string of the molecule is C[C@H](NC(=O)c1ccc(N(C)C)cc1F)c1nc2ccccc2[nH]1. The van der Waals surface area contributed by atoms with Crippen molar-refractivity contribution in [1.29, 1.82) is 0 Å². The van der Waals surface area contributed by atoms with E-state index in [-0.39, 0.29) is 11.6 Å².